The fourth-order valence-corrected chi connectivity index (χ4v) is 1.69. The molecule has 1 aromatic carbocycles. The Morgan fingerprint density at radius 2 is 1.87 bits per heavy atom. The lowest BCUT2D eigenvalue weighted by atomic mass is 10.1. The Morgan fingerprint density at radius 1 is 1.22 bits per heavy atom. The average Bonchev–Trinajstić information content (AvgIpc) is 2.51. The van der Waals surface area contributed by atoms with Crippen LogP contribution in [0.15, 0.2) is 18.2 Å². The Morgan fingerprint density at radius 3 is 2.39 bits per heavy atom. The fourth-order valence-electron chi connectivity index (χ4n) is 1.69. The van der Waals surface area contributed by atoms with E-state index in [4.69, 9.17) is 15.2 Å². The molecule has 2 amide bonds. The minimum absolute atomic E-state index is 0. The molecule has 0 heterocycles. The van der Waals surface area contributed by atoms with Crippen molar-refractivity contribution in [2.45, 2.75) is 19.9 Å². The van der Waals surface area contributed by atoms with Crippen LogP contribution < -0.4 is 25.8 Å². The zero-order valence-corrected chi connectivity index (χ0v) is 14.5. The SMILES string of the molecule is COc1ccc(OC)c(NC(=O)CNC(=O)[C@@H](N)C(C)C)c1.Cl. The number of nitrogens with two attached hydrogens (primary N) is 1. The van der Waals surface area contributed by atoms with Crippen molar-refractivity contribution in [2.75, 3.05) is 26.1 Å². The molecule has 0 spiro atoms. The van der Waals surface area contributed by atoms with Crippen LogP contribution in [0.2, 0.25) is 0 Å². The van der Waals surface area contributed by atoms with Gasteiger partial charge in [-0.3, -0.25) is 9.59 Å². The second-order valence-electron chi connectivity index (χ2n) is 5.10. The molecule has 4 N–H and O–H groups in total. The van der Waals surface area contributed by atoms with Gasteiger partial charge in [0.05, 0.1) is 32.5 Å². The highest BCUT2D eigenvalue weighted by Gasteiger charge is 2.18. The summed E-state index contributed by atoms with van der Waals surface area (Å²) in [5, 5.41) is 5.16. The Balaban J connectivity index is 0.00000484. The molecule has 0 aromatic heterocycles. The molecule has 0 aliphatic rings. The Bertz CT molecular complexity index is 537. The number of nitrogens with one attached hydrogen (secondary N) is 2. The van der Waals surface area contributed by atoms with Crippen LogP contribution in [-0.2, 0) is 9.59 Å². The molecule has 23 heavy (non-hydrogen) atoms. The lowest BCUT2D eigenvalue weighted by molar-refractivity contribution is -0.125. The maximum absolute atomic E-state index is 11.9. The van der Waals surface area contributed by atoms with Gasteiger partial charge in [-0.15, -0.1) is 12.4 Å². The van der Waals surface area contributed by atoms with Crippen molar-refractivity contribution in [3.63, 3.8) is 0 Å². The number of rotatable bonds is 7. The number of hydrogen-bond acceptors (Lipinski definition) is 5. The van der Waals surface area contributed by atoms with Gasteiger partial charge < -0.3 is 25.8 Å². The van der Waals surface area contributed by atoms with Crippen LogP contribution in [-0.4, -0.2) is 38.6 Å². The first-order valence-corrected chi connectivity index (χ1v) is 6.94. The zero-order valence-electron chi connectivity index (χ0n) is 13.7. The van der Waals surface area contributed by atoms with Crippen molar-refractivity contribution in [1.29, 1.82) is 0 Å². The van der Waals surface area contributed by atoms with Crippen LogP contribution in [0.4, 0.5) is 5.69 Å². The molecule has 130 valence electrons. The van der Waals surface area contributed by atoms with Crippen molar-refractivity contribution in [3.8, 4) is 11.5 Å². The molecule has 0 aliphatic heterocycles. The molecule has 7 nitrogen and oxygen atoms in total. The molecule has 8 heteroatoms. The molecule has 0 saturated carbocycles. The van der Waals surface area contributed by atoms with E-state index in [9.17, 15) is 9.59 Å². The van der Waals surface area contributed by atoms with E-state index < -0.39 is 6.04 Å². The molecular formula is C15H24ClN3O4. The summed E-state index contributed by atoms with van der Waals surface area (Å²) in [5.41, 5.74) is 6.17. The van der Waals surface area contributed by atoms with E-state index in [2.05, 4.69) is 10.6 Å². The van der Waals surface area contributed by atoms with Crippen molar-refractivity contribution in [2.24, 2.45) is 11.7 Å². The van der Waals surface area contributed by atoms with E-state index in [1.54, 1.807) is 18.2 Å². The van der Waals surface area contributed by atoms with Crippen molar-refractivity contribution in [1.82, 2.24) is 5.32 Å². The number of carbonyl (C=O) groups is 2. The average molecular weight is 346 g/mol. The second-order valence-corrected chi connectivity index (χ2v) is 5.10. The summed E-state index contributed by atoms with van der Waals surface area (Å²) in [7, 11) is 3.03. The summed E-state index contributed by atoms with van der Waals surface area (Å²) in [5.74, 6) is 0.349. The van der Waals surface area contributed by atoms with Crippen LogP contribution >= 0.6 is 12.4 Å². The molecule has 1 rings (SSSR count). The Kier molecular flexibility index (Phi) is 9.05. The van der Waals surface area contributed by atoms with Gasteiger partial charge in [-0.2, -0.15) is 0 Å². The molecule has 0 radical (unpaired) electrons. The third-order valence-electron chi connectivity index (χ3n) is 3.12. The van der Waals surface area contributed by atoms with Gasteiger partial charge in [0.15, 0.2) is 0 Å². The quantitative estimate of drug-likeness (QED) is 0.688. The zero-order chi connectivity index (χ0) is 16.7. The highest BCUT2D eigenvalue weighted by atomic mass is 35.5. The standard InChI is InChI=1S/C15H23N3O4.ClH/c1-9(2)14(16)15(20)17-8-13(19)18-11-7-10(21-3)5-6-12(11)22-4;/h5-7,9,14H,8,16H2,1-4H3,(H,17,20)(H,18,19);1H/t14-;/m0./s1. The predicted octanol–water partition coefficient (Wildman–Crippen LogP) is 1.16. The molecular weight excluding hydrogens is 322 g/mol. The first kappa shape index (κ1) is 21.0. The number of hydrogen-bond donors (Lipinski definition) is 3. The van der Waals surface area contributed by atoms with E-state index in [-0.39, 0.29) is 36.7 Å². The maximum Gasteiger partial charge on any atom is 0.243 e. The van der Waals surface area contributed by atoms with Crippen LogP contribution in [0.1, 0.15) is 13.8 Å². The largest absolute Gasteiger partial charge is 0.497 e. The van der Waals surface area contributed by atoms with E-state index >= 15 is 0 Å². The van der Waals surface area contributed by atoms with Gasteiger partial charge in [0.2, 0.25) is 11.8 Å². The van der Waals surface area contributed by atoms with Crippen molar-refractivity contribution < 1.29 is 19.1 Å². The summed E-state index contributed by atoms with van der Waals surface area (Å²) in [4.78, 5) is 23.6. The Hall–Kier alpha value is -1.99. The van der Waals surface area contributed by atoms with Gasteiger partial charge in [-0.25, -0.2) is 0 Å². The maximum atomic E-state index is 11.9. The Labute approximate surface area is 142 Å². The van der Waals surface area contributed by atoms with Gasteiger partial charge in [0.1, 0.15) is 11.5 Å². The van der Waals surface area contributed by atoms with Crippen LogP contribution in [0.25, 0.3) is 0 Å². The lowest BCUT2D eigenvalue weighted by Gasteiger charge is -2.16. The lowest BCUT2D eigenvalue weighted by Crippen LogP contribution is -2.46. The summed E-state index contributed by atoms with van der Waals surface area (Å²) < 4.78 is 10.3. The van der Waals surface area contributed by atoms with E-state index in [0.717, 1.165) is 0 Å². The van der Waals surface area contributed by atoms with Crippen LogP contribution in [0.3, 0.4) is 0 Å². The fraction of sp³-hybridized carbons (Fsp3) is 0.467. The smallest absolute Gasteiger partial charge is 0.243 e. The minimum Gasteiger partial charge on any atom is -0.497 e. The monoisotopic (exact) mass is 345 g/mol. The summed E-state index contributed by atoms with van der Waals surface area (Å²) in [6, 6.07) is 4.40. The second kappa shape index (κ2) is 9.91. The van der Waals surface area contributed by atoms with Crippen molar-refractivity contribution >= 4 is 29.9 Å². The first-order chi connectivity index (χ1) is 10.4. The van der Waals surface area contributed by atoms with E-state index in [0.29, 0.717) is 17.2 Å². The van der Waals surface area contributed by atoms with Gasteiger partial charge in [0.25, 0.3) is 0 Å². The summed E-state index contributed by atoms with van der Waals surface area (Å²) in [6.07, 6.45) is 0. The van der Waals surface area contributed by atoms with Crippen molar-refractivity contribution in [3.05, 3.63) is 18.2 Å². The predicted molar refractivity (Wildman–Crippen MR) is 91.2 cm³/mol. The number of amides is 2. The topological polar surface area (TPSA) is 103 Å². The van der Waals surface area contributed by atoms with Gasteiger partial charge >= 0.3 is 0 Å². The summed E-state index contributed by atoms with van der Waals surface area (Å²) >= 11 is 0. The first-order valence-electron chi connectivity index (χ1n) is 6.94. The number of benzene rings is 1. The normalized spacial score (nSPS) is 11.2. The number of methoxy groups -OCH3 is 2. The molecule has 0 fully saturated rings. The molecule has 0 bridgehead atoms. The van der Waals surface area contributed by atoms with E-state index in [1.165, 1.54) is 14.2 Å². The van der Waals surface area contributed by atoms with Gasteiger partial charge in [-0.1, -0.05) is 13.8 Å². The van der Waals surface area contributed by atoms with E-state index in [1.807, 2.05) is 13.8 Å². The highest BCUT2D eigenvalue weighted by Crippen LogP contribution is 2.28. The van der Waals surface area contributed by atoms with Gasteiger partial charge in [0, 0.05) is 6.07 Å². The van der Waals surface area contributed by atoms with Crippen LogP contribution in [0, 0.1) is 5.92 Å². The minimum atomic E-state index is -0.640. The molecule has 1 aromatic rings. The molecule has 0 saturated heterocycles. The molecule has 0 aliphatic carbocycles. The molecule has 0 unspecified atom stereocenters. The third kappa shape index (κ3) is 6.33. The third-order valence-corrected chi connectivity index (χ3v) is 3.12. The molecule has 1 atom stereocenters. The van der Waals surface area contributed by atoms with Crippen LogP contribution in [0.5, 0.6) is 11.5 Å². The number of halogens is 1. The number of anilines is 1. The summed E-state index contributed by atoms with van der Waals surface area (Å²) in [6.45, 7) is 3.51. The number of carbonyl (C=O) groups excluding carboxylic acids is 2. The highest BCUT2D eigenvalue weighted by molar-refractivity contribution is 5.96. The van der Waals surface area contributed by atoms with Gasteiger partial charge in [-0.05, 0) is 18.1 Å². The number of ether oxygens (including phenoxy) is 2.